The molecule has 1 aliphatic rings. The van der Waals surface area contributed by atoms with Crippen LogP contribution in [0.4, 0.5) is 13.2 Å². The lowest BCUT2D eigenvalue weighted by atomic mass is 9.80. The predicted octanol–water partition coefficient (Wildman–Crippen LogP) is 3.77. The fourth-order valence-corrected chi connectivity index (χ4v) is 3.23. The van der Waals surface area contributed by atoms with Gasteiger partial charge >= 0.3 is 6.18 Å². The molecule has 0 aliphatic heterocycles. The van der Waals surface area contributed by atoms with E-state index < -0.39 is 30.0 Å². The summed E-state index contributed by atoms with van der Waals surface area (Å²) < 4.78 is 38.6. The van der Waals surface area contributed by atoms with Crippen molar-refractivity contribution in [2.45, 2.75) is 51.2 Å². The first kappa shape index (κ1) is 18.8. The second kappa shape index (κ2) is 8.01. The van der Waals surface area contributed by atoms with E-state index in [1.165, 1.54) is 0 Å². The highest BCUT2D eigenvalue weighted by Crippen LogP contribution is 2.40. The van der Waals surface area contributed by atoms with Gasteiger partial charge in [0.25, 0.3) is 0 Å². The number of aliphatic hydroxyl groups is 1. The van der Waals surface area contributed by atoms with Crippen molar-refractivity contribution in [3.8, 4) is 0 Å². The van der Waals surface area contributed by atoms with Crippen LogP contribution >= 0.6 is 0 Å². The van der Waals surface area contributed by atoms with Crippen LogP contribution in [0.1, 0.15) is 49.8 Å². The molecule has 3 nitrogen and oxygen atoms in total. The molecule has 1 saturated carbocycles. The molecule has 0 bridgehead atoms. The van der Waals surface area contributed by atoms with Gasteiger partial charge in [0.15, 0.2) is 0 Å². The third-order valence-electron chi connectivity index (χ3n) is 4.80. The zero-order valence-corrected chi connectivity index (χ0v) is 13.8. The molecule has 0 spiro atoms. The maximum absolute atomic E-state index is 12.9. The van der Waals surface area contributed by atoms with E-state index in [1.54, 1.807) is 0 Å². The number of nitrogens with one attached hydrogen (secondary N) is 1. The van der Waals surface area contributed by atoms with Crippen LogP contribution in [0, 0.1) is 11.8 Å². The number of benzene rings is 1. The molecule has 3 unspecified atom stereocenters. The number of amides is 1. The quantitative estimate of drug-likeness (QED) is 0.855. The van der Waals surface area contributed by atoms with Crippen LogP contribution in [0.25, 0.3) is 0 Å². The minimum absolute atomic E-state index is 0.0924. The van der Waals surface area contributed by atoms with Crippen LogP contribution < -0.4 is 5.32 Å². The summed E-state index contributed by atoms with van der Waals surface area (Å²) >= 11 is 0. The van der Waals surface area contributed by atoms with Crippen LogP contribution in [-0.2, 0) is 11.2 Å². The van der Waals surface area contributed by atoms with Crippen LogP contribution in [0.3, 0.4) is 0 Å². The normalized spacial score (nSPS) is 22.9. The lowest BCUT2D eigenvalue weighted by molar-refractivity contribution is -0.186. The van der Waals surface area contributed by atoms with E-state index in [1.807, 2.05) is 31.2 Å². The van der Waals surface area contributed by atoms with Crippen molar-refractivity contribution >= 4 is 5.91 Å². The Morgan fingerprint density at radius 1 is 1.29 bits per heavy atom. The fraction of sp³-hybridized carbons (Fsp3) is 0.611. The van der Waals surface area contributed by atoms with Gasteiger partial charge in [-0.05, 0) is 36.8 Å². The number of hydrogen-bond acceptors (Lipinski definition) is 2. The smallest absolute Gasteiger partial charge is 0.391 e. The number of aryl methyl sites for hydroxylation is 1. The fourth-order valence-electron chi connectivity index (χ4n) is 3.23. The van der Waals surface area contributed by atoms with E-state index >= 15 is 0 Å². The monoisotopic (exact) mass is 343 g/mol. The molecule has 1 aliphatic carbocycles. The molecule has 2 N–H and O–H groups in total. The maximum atomic E-state index is 12.9. The van der Waals surface area contributed by atoms with E-state index in [4.69, 9.17) is 0 Å². The lowest BCUT2D eigenvalue weighted by Gasteiger charge is -2.30. The Bertz CT molecular complexity index is 542. The van der Waals surface area contributed by atoms with Crippen molar-refractivity contribution in [1.29, 1.82) is 0 Å². The van der Waals surface area contributed by atoms with E-state index in [0.29, 0.717) is 12.8 Å². The molecule has 0 aromatic heterocycles. The summed E-state index contributed by atoms with van der Waals surface area (Å²) in [6, 6.07) is 6.92. The Labute approximate surface area is 140 Å². The minimum Gasteiger partial charge on any atom is -0.394 e. The Balaban J connectivity index is 2.00. The summed E-state index contributed by atoms with van der Waals surface area (Å²) in [6.45, 7) is 1.74. The van der Waals surface area contributed by atoms with Crippen molar-refractivity contribution in [3.63, 3.8) is 0 Å². The first-order valence-electron chi connectivity index (χ1n) is 8.42. The second-order valence-corrected chi connectivity index (χ2v) is 6.44. The first-order chi connectivity index (χ1) is 11.3. The molecule has 24 heavy (non-hydrogen) atoms. The van der Waals surface area contributed by atoms with Crippen molar-refractivity contribution in [1.82, 2.24) is 5.32 Å². The molecule has 1 aromatic rings. The zero-order valence-electron chi connectivity index (χ0n) is 13.8. The number of aliphatic hydroxyl groups excluding tert-OH is 1. The highest BCUT2D eigenvalue weighted by Gasteiger charge is 2.43. The molecule has 1 amide bonds. The molecule has 6 heteroatoms. The van der Waals surface area contributed by atoms with Gasteiger partial charge in [-0.2, -0.15) is 13.2 Å². The summed E-state index contributed by atoms with van der Waals surface area (Å²) in [4.78, 5) is 12.3. The second-order valence-electron chi connectivity index (χ2n) is 6.44. The van der Waals surface area contributed by atoms with Gasteiger partial charge in [0, 0.05) is 5.92 Å². The summed E-state index contributed by atoms with van der Waals surface area (Å²) in [5.41, 5.74) is 1.90. The SMILES string of the molecule is CCc1ccc(C(CO)NC(=O)C2CCCC(C(F)(F)F)C2)cc1. The standard InChI is InChI=1S/C18H24F3NO2/c1-2-12-6-8-13(9-7-12)16(11-23)22-17(24)14-4-3-5-15(10-14)18(19,20)21/h6-9,14-16,23H,2-5,10-11H2,1H3,(H,22,24). The van der Waals surface area contributed by atoms with Crippen molar-refractivity contribution in [3.05, 3.63) is 35.4 Å². The van der Waals surface area contributed by atoms with Crippen LogP contribution in [-0.4, -0.2) is 23.8 Å². The van der Waals surface area contributed by atoms with E-state index in [0.717, 1.165) is 17.5 Å². The number of hydrogen-bond donors (Lipinski definition) is 2. The number of halogens is 3. The average Bonchev–Trinajstić information content (AvgIpc) is 2.59. The molecule has 134 valence electrons. The molecule has 0 saturated heterocycles. The summed E-state index contributed by atoms with van der Waals surface area (Å²) in [6.07, 6.45) is -2.57. The molecule has 2 rings (SSSR count). The van der Waals surface area contributed by atoms with Gasteiger partial charge < -0.3 is 10.4 Å². The highest BCUT2D eigenvalue weighted by molar-refractivity contribution is 5.79. The Morgan fingerprint density at radius 2 is 1.96 bits per heavy atom. The Hall–Kier alpha value is -1.56. The van der Waals surface area contributed by atoms with Gasteiger partial charge in [0.05, 0.1) is 18.6 Å². The van der Waals surface area contributed by atoms with Crippen molar-refractivity contribution in [2.24, 2.45) is 11.8 Å². The predicted molar refractivity (Wildman–Crippen MR) is 85.3 cm³/mol. The minimum atomic E-state index is -4.24. The number of alkyl halides is 3. The molecule has 1 fully saturated rings. The number of rotatable bonds is 5. The van der Waals surface area contributed by atoms with Gasteiger partial charge in [-0.15, -0.1) is 0 Å². The van der Waals surface area contributed by atoms with Crippen LogP contribution in [0.5, 0.6) is 0 Å². The first-order valence-corrected chi connectivity index (χ1v) is 8.42. The number of carbonyl (C=O) groups excluding carboxylic acids is 1. The van der Waals surface area contributed by atoms with Crippen LogP contribution in [0.2, 0.25) is 0 Å². The van der Waals surface area contributed by atoms with Gasteiger partial charge in [-0.25, -0.2) is 0 Å². The molecular formula is C18H24F3NO2. The molecule has 3 atom stereocenters. The van der Waals surface area contributed by atoms with Crippen LogP contribution in [0.15, 0.2) is 24.3 Å². The largest absolute Gasteiger partial charge is 0.394 e. The van der Waals surface area contributed by atoms with Crippen molar-refractivity contribution in [2.75, 3.05) is 6.61 Å². The van der Waals surface area contributed by atoms with E-state index in [9.17, 15) is 23.1 Å². The molecule has 0 heterocycles. The number of carbonyl (C=O) groups is 1. The summed E-state index contributed by atoms with van der Waals surface area (Å²) in [5, 5.41) is 12.2. The maximum Gasteiger partial charge on any atom is 0.391 e. The highest BCUT2D eigenvalue weighted by atomic mass is 19.4. The summed E-state index contributed by atoms with van der Waals surface area (Å²) in [5.74, 6) is -2.45. The van der Waals surface area contributed by atoms with E-state index in [2.05, 4.69) is 5.32 Å². The van der Waals surface area contributed by atoms with E-state index in [-0.39, 0.29) is 19.4 Å². The average molecular weight is 343 g/mol. The zero-order chi connectivity index (χ0) is 17.7. The van der Waals surface area contributed by atoms with Crippen molar-refractivity contribution < 1.29 is 23.1 Å². The van der Waals surface area contributed by atoms with Gasteiger partial charge in [-0.3, -0.25) is 4.79 Å². The molecular weight excluding hydrogens is 319 g/mol. The Kier molecular flexibility index (Phi) is 6.27. The van der Waals surface area contributed by atoms with Gasteiger partial charge in [0.1, 0.15) is 0 Å². The Morgan fingerprint density at radius 3 is 2.50 bits per heavy atom. The molecule has 0 radical (unpaired) electrons. The summed E-state index contributed by atoms with van der Waals surface area (Å²) in [7, 11) is 0. The lowest BCUT2D eigenvalue weighted by Crippen LogP contribution is -2.39. The third-order valence-corrected chi connectivity index (χ3v) is 4.80. The van der Waals surface area contributed by atoms with Gasteiger partial charge in [0.2, 0.25) is 5.91 Å². The topological polar surface area (TPSA) is 49.3 Å². The molecule has 1 aromatic carbocycles. The third kappa shape index (κ3) is 4.72. The van der Waals surface area contributed by atoms with Gasteiger partial charge in [-0.1, -0.05) is 37.6 Å².